The van der Waals surface area contributed by atoms with Crippen LogP contribution in [0, 0.1) is 13.8 Å². The molecular weight excluding hydrogens is 853 g/mol. The van der Waals surface area contributed by atoms with E-state index >= 15 is 0 Å². The number of nitrogens with one attached hydrogen (secondary N) is 3. The molecule has 60 heavy (non-hydrogen) atoms. The Hall–Kier alpha value is -5.75. The maximum atomic E-state index is 12.8. The third-order valence-corrected chi connectivity index (χ3v) is 12.6. The third kappa shape index (κ3) is 11.1. The fourth-order valence-corrected chi connectivity index (χ4v) is 8.76. The number of carbonyl (C=O) groups excluding carboxylic acids is 2. The van der Waals surface area contributed by atoms with E-state index in [2.05, 4.69) is 25.3 Å². The molecule has 5 aromatic carbocycles. The fourth-order valence-electron chi connectivity index (χ4n) is 5.62. The molecule has 0 amide bonds. The van der Waals surface area contributed by atoms with E-state index in [1.165, 1.54) is 28.9 Å². The van der Waals surface area contributed by atoms with Crippen LogP contribution in [0.15, 0.2) is 133 Å². The van der Waals surface area contributed by atoms with Gasteiger partial charge in [-0.15, -0.1) is 0 Å². The van der Waals surface area contributed by atoms with Crippen LogP contribution < -0.4 is 21.1 Å². The van der Waals surface area contributed by atoms with Crippen molar-refractivity contribution in [2.45, 2.75) is 38.0 Å². The zero-order valence-corrected chi connectivity index (χ0v) is 35.1. The van der Waals surface area contributed by atoms with Gasteiger partial charge in [0.25, 0.3) is 0 Å². The number of nitrogens with two attached hydrogens (primary N) is 1. The summed E-state index contributed by atoms with van der Waals surface area (Å²) >= 11 is 8.37. The molecule has 0 bridgehead atoms. The maximum Gasteiger partial charge on any atom is 0.416 e. The molecule has 0 atom stereocenters. The molecule has 7 aromatic rings. The van der Waals surface area contributed by atoms with E-state index in [0.717, 1.165) is 34.0 Å². The lowest BCUT2D eigenvalue weighted by atomic mass is 10.0. The Balaban J connectivity index is 0.000000224. The average molecular weight is 889 g/mol. The number of carbonyl (C=O) groups is 2. The van der Waals surface area contributed by atoms with E-state index in [1.54, 1.807) is 42.6 Å². The molecule has 5 N–H and O–H groups in total. The maximum absolute atomic E-state index is 12.8. The standard InChI is InChI=1S/C25H19ClF3N3O3S2.C18H17N3OS/c1-15-4-2-3-5-19(15)23(33)21-14-30-24(36-21)32-18-9-6-16(7-10-18)13-31-37(34,35)22-11-8-17(12-20(22)26)25(27,28)29;1-12-4-2-3-5-15(12)17(22)16-11-20-18(23-16)21-14-8-6-13(10-19)7-9-14/h2-12,14,31H,13H2,1H3,(H,30,32);2-9,11H,10,19H2,1H3,(H,20,21). The number of sulfonamides is 1. The number of rotatable bonds is 13. The lowest BCUT2D eigenvalue weighted by Gasteiger charge is -2.12. The second-order valence-electron chi connectivity index (χ2n) is 13.2. The SMILES string of the molecule is Cc1ccccc1C(=O)c1cnc(Nc2ccc(CN)cc2)s1.Cc1ccccc1C(=O)c1cnc(Nc2ccc(CNS(=O)(=O)c3ccc(C(F)(F)F)cc3Cl)cc2)s1. The highest BCUT2D eigenvalue weighted by Crippen LogP contribution is 2.34. The van der Waals surface area contributed by atoms with E-state index in [9.17, 15) is 31.2 Å². The van der Waals surface area contributed by atoms with Crippen LogP contribution in [-0.4, -0.2) is 30.0 Å². The average Bonchev–Trinajstić information content (AvgIpc) is 3.91. The van der Waals surface area contributed by atoms with E-state index in [0.29, 0.717) is 55.5 Å². The lowest BCUT2D eigenvalue weighted by Crippen LogP contribution is -2.23. The molecule has 7 rings (SSSR count). The van der Waals surface area contributed by atoms with Gasteiger partial charge in [0, 0.05) is 35.6 Å². The van der Waals surface area contributed by atoms with Crippen molar-refractivity contribution in [3.05, 3.63) is 181 Å². The van der Waals surface area contributed by atoms with Gasteiger partial charge in [-0.1, -0.05) is 107 Å². The summed E-state index contributed by atoms with van der Waals surface area (Å²) < 4.78 is 65.9. The van der Waals surface area contributed by atoms with Gasteiger partial charge in [-0.2, -0.15) is 13.2 Å². The molecule has 0 aliphatic carbocycles. The first-order valence-electron chi connectivity index (χ1n) is 18.0. The Labute approximate surface area is 357 Å². The van der Waals surface area contributed by atoms with Gasteiger partial charge in [0.05, 0.1) is 32.7 Å². The summed E-state index contributed by atoms with van der Waals surface area (Å²) in [6.45, 7) is 4.22. The van der Waals surface area contributed by atoms with Crippen molar-refractivity contribution in [3.63, 3.8) is 0 Å². The molecule has 17 heteroatoms. The Morgan fingerprint density at radius 1 is 0.700 bits per heavy atom. The summed E-state index contributed by atoms with van der Waals surface area (Å²) in [4.78, 5) is 34.5. The number of benzene rings is 5. The fraction of sp³-hybridized carbons (Fsp3) is 0.116. The number of alkyl halides is 3. The Morgan fingerprint density at radius 3 is 1.60 bits per heavy atom. The minimum absolute atomic E-state index is 0.00660. The number of thiazole rings is 2. The zero-order valence-electron chi connectivity index (χ0n) is 31.9. The molecule has 0 aliphatic rings. The first-order chi connectivity index (χ1) is 28.6. The highest BCUT2D eigenvalue weighted by Gasteiger charge is 2.32. The molecule has 0 saturated carbocycles. The van der Waals surface area contributed by atoms with Crippen LogP contribution in [0.3, 0.4) is 0 Å². The van der Waals surface area contributed by atoms with Crippen molar-refractivity contribution in [2.24, 2.45) is 5.73 Å². The molecule has 2 aromatic heterocycles. The number of anilines is 4. The molecule has 0 saturated heterocycles. The molecule has 308 valence electrons. The quantitative estimate of drug-likeness (QED) is 0.0828. The molecular formula is C43H36ClF3N6O4S3. The van der Waals surface area contributed by atoms with E-state index in [4.69, 9.17) is 17.3 Å². The second kappa shape index (κ2) is 19.1. The predicted molar refractivity (Wildman–Crippen MR) is 231 cm³/mol. The Bertz CT molecular complexity index is 2740. The summed E-state index contributed by atoms with van der Waals surface area (Å²) in [5.74, 6) is -0.105. The molecule has 0 aliphatic heterocycles. The van der Waals surface area contributed by atoms with Gasteiger partial charge in [-0.25, -0.2) is 23.1 Å². The summed E-state index contributed by atoms with van der Waals surface area (Å²) in [6.07, 6.45) is -1.50. The molecule has 0 spiro atoms. The number of halogens is 4. The van der Waals surface area contributed by atoms with Crippen molar-refractivity contribution in [1.82, 2.24) is 14.7 Å². The van der Waals surface area contributed by atoms with Gasteiger partial charge >= 0.3 is 6.18 Å². The smallest absolute Gasteiger partial charge is 0.332 e. The van der Waals surface area contributed by atoms with Crippen molar-refractivity contribution in [1.29, 1.82) is 0 Å². The van der Waals surface area contributed by atoms with Crippen LogP contribution in [0.1, 0.15) is 58.3 Å². The van der Waals surface area contributed by atoms with Crippen molar-refractivity contribution < 1.29 is 31.2 Å². The van der Waals surface area contributed by atoms with Crippen LogP contribution >= 0.6 is 34.3 Å². The highest BCUT2D eigenvalue weighted by atomic mass is 35.5. The predicted octanol–water partition coefficient (Wildman–Crippen LogP) is 10.5. The minimum atomic E-state index is -4.63. The summed E-state index contributed by atoms with van der Waals surface area (Å²) in [5.41, 5.74) is 11.0. The first kappa shape index (κ1) is 43.8. The van der Waals surface area contributed by atoms with Crippen molar-refractivity contribution in [2.75, 3.05) is 10.6 Å². The number of hydrogen-bond acceptors (Lipinski definition) is 11. The van der Waals surface area contributed by atoms with Gasteiger partial charge in [0.15, 0.2) is 10.3 Å². The largest absolute Gasteiger partial charge is 0.416 e. The number of aryl methyl sites for hydroxylation is 2. The second-order valence-corrected chi connectivity index (χ2v) is 17.4. The molecule has 0 fully saturated rings. The number of ketones is 2. The topological polar surface area (TPSA) is 156 Å². The minimum Gasteiger partial charge on any atom is -0.332 e. The van der Waals surface area contributed by atoms with Gasteiger partial charge in [0.2, 0.25) is 21.6 Å². The van der Waals surface area contributed by atoms with Crippen molar-refractivity contribution in [3.8, 4) is 0 Å². The van der Waals surface area contributed by atoms with E-state index < -0.39 is 31.7 Å². The van der Waals surface area contributed by atoms with Crippen molar-refractivity contribution >= 4 is 77.5 Å². The first-order valence-corrected chi connectivity index (χ1v) is 21.5. The Morgan fingerprint density at radius 2 is 1.17 bits per heavy atom. The van der Waals surface area contributed by atoms with Gasteiger partial charge in [-0.05, 0) is 78.6 Å². The van der Waals surface area contributed by atoms with Crippen LogP contribution in [0.4, 0.5) is 34.8 Å². The molecule has 0 unspecified atom stereocenters. The van der Waals surface area contributed by atoms with Crippen LogP contribution in [0.2, 0.25) is 5.02 Å². The Kier molecular flexibility index (Phi) is 13.9. The van der Waals surface area contributed by atoms with Crippen LogP contribution in [0.5, 0.6) is 0 Å². The molecule has 0 radical (unpaired) electrons. The van der Waals surface area contributed by atoms with E-state index in [1.807, 2.05) is 74.5 Å². The molecule has 2 heterocycles. The number of hydrogen-bond donors (Lipinski definition) is 4. The number of aromatic nitrogens is 2. The highest BCUT2D eigenvalue weighted by molar-refractivity contribution is 7.89. The van der Waals surface area contributed by atoms with E-state index in [-0.39, 0.29) is 18.1 Å². The van der Waals surface area contributed by atoms with Crippen LogP contribution in [-0.2, 0) is 29.3 Å². The summed E-state index contributed by atoms with van der Waals surface area (Å²) in [7, 11) is -4.15. The van der Waals surface area contributed by atoms with Crippen LogP contribution in [0.25, 0.3) is 0 Å². The van der Waals surface area contributed by atoms with Gasteiger partial charge < -0.3 is 16.4 Å². The monoisotopic (exact) mass is 888 g/mol. The van der Waals surface area contributed by atoms with Gasteiger partial charge in [0.1, 0.15) is 4.90 Å². The zero-order chi connectivity index (χ0) is 43.0. The number of nitrogens with zero attached hydrogens (tertiary/aromatic N) is 2. The normalized spacial score (nSPS) is 11.4. The summed E-state index contributed by atoms with van der Waals surface area (Å²) in [6, 6.07) is 31.6. The molecule has 10 nitrogen and oxygen atoms in total. The van der Waals surface area contributed by atoms with Gasteiger partial charge in [-0.3, -0.25) is 9.59 Å². The lowest BCUT2D eigenvalue weighted by molar-refractivity contribution is -0.137. The summed E-state index contributed by atoms with van der Waals surface area (Å²) in [5, 5.41) is 7.00. The third-order valence-electron chi connectivity index (χ3n) is 8.90.